The molecule has 4 rings (SSSR count). The van der Waals surface area contributed by atoms with Gasteiger partial charge >= 0.3 is 0 Å². The van der Waals surface area contributed by atoms with Crippen LogP contribution in [-0.2, 0) is 16.1 Å². The largest absolute Gasteiger partial charge is 0.368 e. The summed E-state index contributed by atoms with van der Waals surface area (Å²) < 4.78 is 7.73. The van der Waals surface area contributed by atoms with Crippen molar-refractivity contribution in [3.05, 3.63) is 30.6 Å². The fourth-order valence-electron chi connectivity index (χ4n) is 4.09. The highest BCUT2D eigenvalue weighted by Gasteiger charge is 2.30. The van der Waals surface area contributed by atoms with E-state index in [0.29, 0.717) is 6.61 Å². The minimum Gasteiger partial charge on any atom is -0.368 e. The number of carbonyl (C=O) groups excluding carboxylic acids is 1. The summed E-state index contributed by atoms with van der Waals surface area (Å²) in [5.74, 6) is 1.06. The Kier molecular flexibility index (Phi) is 6.29. The number of imidazole rings is 1. The lowest BCUT2D eigenvalue weighted by molar-refractivity contribution is -0.142. The zero-order valence-electron chi connectivity index (χ0n) is 17.1. The number of amides is 1. The minimum absolute atomic E-state index is 0.151. The third-order valence-electron chi connectivity index (χ3n) is 5.69. The van der Waals surface area contributed by atoms with Crippen molar-refractivity contribution in [1.29, 1.82) is 0 Å². The van der Waals surface area contributed by atoms with Gasteiger partial charge in [-0.3, -0.25) is 9.79 Å². The SMILES string of the molecule is CN=C(NCCCn1cnc2ccccc21)N1CCN(C(=O)C2CCCO2)CC1. The molecule has 1 unspecified atom stereocenters. The third-order valence-corrected chi connectivity index (χ3v) is 5.69. The summed E-state index contributed by atoms with van der Waals surface area (Å²) in [5.41, 5.74) is 2.20. The van der Waals surface area contributed by atoms with E-state index < -0.39 is 0 Å². The van der Waals surface area contributed by atoms with E-state index in [9.17, 15) is 4.79 Å². The van der Waals surface area contributed by atoms with Gasteiger partial charge in [0.2, 0.25) is 0 Å². The normalized spacial score (nSPS) is 20.4. The van der Waals surface area contributed by atoms with Gasteiger partial charge in [0, 0.05) is 52.9 Å². The number of guanidine groups is 1. The number of benzene rings is 1. The lowest BCUT2D eigenvalue weighted by atomic mass is 10.2. The van der Waals surface area contributed by atoms with Gasteiger partial charge < -0.3 is 24.4 Å². The van der Waals surface area contributed by atoms with Crippen LogP contribution < -0.4 is 5.32 Å². The molecule has 2 aliphatic rings. The van der Waals surface area contributed by atoms with E-state index in [1.807, 2.05) is 36.5 Å². The van der Waals surface area contributed by atoms with Gasteiger partial charge in [-0.1, -0.05) is 12.1 Å². The Balaban J connectivity index is 1.21. The number of piperazine rings is 1. The highest BCUT2D eigenvalue weighted by molar-refractivity contribution is 5.82. The first-order valence-electron chi connectivity index (χ1n) is 10.5. The molecule has 0 radical (unpaired) electrons. The van der Waals surface area contributed by atoms with Crippen LogP contribution in [0, 0.1) is 0 Å². The van der Waals surface area contributed by atoms with Gasteiger partial charge in [-0.15, -0.1) is 0 Å². The zero-order valence-corrected chi connectivity index (χ0v) is 17.1. The number of para-hydroxylation sites is 2. The summed E-state index contributed by atoms with van der Waals surface area (Å²) in [6.07, 6.45) is 4.51. The van der Waals surface area contributed by atoms with Crippen LogP contribution in [-0.4, -0.2) is 83.7 Å². The van der Waals surface area contributed by atoms with E-state index in [2.05, 4.69) is 30.8 Å². The number of aliphatic imine (C=N–C) groups is 1. The van der Waals surface area contributed by atoms with Crippen molar-refractivity contribution in [3.8, 4) is 0 Å². The molecule has 1 aromatic carbocycles. The van der Waals surface area contributed by atoms with Gasteiger partial charge in [0.1, 0.15) is 6.10 Å². The summed E-state index contributed by atoms with van der Waals surface area (Å²) in [7, 11) is 1.82. The van der Waals surface area contributed by atoms with Crippen LogP contribution in [0.3, 0.4) is 0 Å². The van der Waals surface area contributed by atoms with Gasteiger partial charge in [-0.25, -0.2) is 4.98 Å². The van der Waals surface area contributed by atoms with Crippen molar-refractivity contribution in [1.82, 2.24) is 24.7 Å². The molecule has 1 N–H and O–H groups in total. The Hall–Kier alpha value is -2.61. The van der Waals surface area contributed by atoms with Crippen LogP contribution in [0.5, 0.6) is 0 Å². The molecule has 8 heteroatoms. The van der Waals surface area contributed by atoms with Crippen LogP contribution >= 0.6 is 0 Å². The maximum atomic E-state index is 12.5. The van der Waals surface area contributed by atoms with E-state index in [1.165, 1.54) is 5.52 Å². The highest BCUT2D eigenvalue weighted by Crippen LogP contribution is 2.16. The Morgan fingerprint density at radius 2 is 2.03 bits per heavy atom. The van der Waals surface area contributed by atoms with Crippen molar-refractivity contribution in [2.24, 2.45) is 4.99 Å². The molecule has 0 saturated carbocycles. The summed E-state index contributed by atoms with van der Waals surface area (Å²) >= 11 is 0. The number of hydrogen-bond donors (Lipinski definition) is 1. The second kappa shape index (κ2) is 9.26. The average Bonchev–Trinajstić information content (AvgIpc) is 3.44. The standard InChI is InChI=1S/C21H30N6O2/c1-22-21(23-9-5-10-27-16-24-17-6-2-3-7-18(17)27)26-13-11-25(12-14-26)20(28)19-8-4-15-29-19/h2-3,6-7,16,19H,4-5,8-15H2,1H3,(H,22,23). The molecule has 0 bridgehead atoms. The molecule has 1 amide bonds. The number of nitrogens with zero attached hydrogens (tertiary/aromatic N) is 5. The predicted octanol–water partition coefficient (Wildman–Crippen LogP) is 1.32. The smallest absolute Gasteiger partial charge is 0.251 e. The molecule has 1 aromatic heterocycles. The van der Waals surface area contributed by atoms with Crippen LogP contribution in [0.1, 0.15) is 19.3 Å². The third kappa shape index (κ3) is 4.53. The molecule has 156 valence electrons. The Bertz CT molecular complexity index is 850. The van der Waals surface area contributed by atoms with Gasteiger partial charge in [-0.2, -0.15) is 0 Å². The number of nitrogens with one attached hydrogen (secondary N) is 1. The van der Waals surface area contributed by atoms with Gasteiger partial charge in [0.05, 0.1) is 17.4 Å². The molecular formula is C21H30N6O2. The molecule has 2 aromatic rings. The van der Waals surface area contributed by atoms with Crippen molar-refractivity contribution >= 4 is 22.9 Å². The molecular weight excluding hydrogens is 368 g/mol. The number of ether oxygens (including phenoxy) is 1. The lowest BCUT2D eigenvalue weighted by Crippen LogP contribution is -2.55. The van der Waals surface area contributed by atoms with E-state index in [-0.39, 0.29) is 12.0 Å². The predicted molar refractivity (Wildman–Crippen MR) is 113 cm³/mol. The van der Waals surface area contributed by atoms with Crippen LogP contribution in [0.2, 0.25) is 0 Å². The topological polar surface area (TPSA) is 75.0 Å². The van der Waals surface area contributed by atoms with Gasteiger partial charge in [0.25, 0.3) is 5.91 Å². The van der Waals surface area contributed by atoms with E-state index in [1.54, 1.807) is 0 Å². The van der Waals surface area contributed by atoms with E-state index in [4.69, 9.17) is 4.74 Å². The summed E-state index contributed by atoms with van der Waals surface area (Å²) in [6, 6.07) is 8.20. The monoisotopic (exact) mass is 398 g/mol. The molecule has 8 nitrogen and oxygen atoms in total. The number of fused-ring (bicyclic) bond motifs is 1. The zero-order chi connectivity index (χ0) is 20.1. The summed E-state index contributed by atoms with van der Waals surface area (Å²) in [5, 5.41) is 3.46. The molecule has 0 spiro atoms. The highest BCUT2D eigenvalue weighted by atomic mass is 16.5. The fourth-order valence-corrected chi connectivity index (χ4v) is 4.09. The first kappa shape index (κ1) is 19.7. The Morgan fingerprint density at radius 3 is 2.79 bits per heavy atom. The number of aryl methyl sites for hydroxylation is 1. The minimum atomic E-state index is -0.224. The molecule has 3 heterocycles. The molecule has 2 aliphatic heterocycles. The van der Waals surface area contributed by atoms with Gasteiger partial charge in [-0.05, 0) is 31.4 Å². The molecule has 0 aliphatic carbocycles. The van der Waals surface area contributed by atoms with Crippen molar-refractivity contribution in [2.45, 2.75) is 31.9 Å². The molecule has 2 saturated heterocycles. The fraction of sp³-hybridized carbons (Fsp3) is 0.571. The average molecular weight is 399 g/mol. The maximum absolute atomic E-state index is 12.5. The number of hydrogen-bond acceptors (Lipinski definition) is 4. The molecule has 29 heavy (non-hydrogen) atoms. The second-order valence-corrected chi connectivity index (χ2v) is 7.57. The Labute approximate surface area is 171 Å². The second-order valence-electron chi connectivity index (χ2n) is 7.57. The van der Waals surface area contributed by atoms with E-state index in [0.717, 1.165) is 70.0 Å². The number of carbonyl (C=O) groups is 1. The summed E-state index contributed by atoms with van der Waals surface area (Å²) in [6.45, 7) is 5.50. The molecule has 2 fully saturated rings. The first-order chi connectivity index (χ1) is 14.3. The van der Waals surface area contributed by atoms with Gasteiger partial charge in [0.15, 0.2) is 5.96 Å². The number of aromatic nitrogens is 2. The van der Waals surface area contributed by atoms with Crippen LogP contribution in [0.4, 0.5) is 0 Å². The summed E-state index contributed by atoms with van der Waals surface area (Å²) in [4.78, 5) is 25.5. The maximum Gasteiger partial charge on any atom is 0.251 e. The van der Waals surface area contributed by atoms with Crippen LogP contribution in [0.25, 0.3) is 11.0 Å². The van der Waals surface area contributed by atoms with Crippen molar-refractivity contribution < 1.29 is 9.53 Å². The van der Waals surface area contributed by atoms with Crippen molar-refractivity contribution in [2.75, 3.05) is 46.4 Å². The van der Waals surface area contributed by atoms with Crippen LogP contribution in [0.15, 0.2) is 35.6 Å². The lowest BCUT2D eigenvalue weighted by Gasteiger charge is -2.37. The quantitative estimate of drug-likeness (QED) is 0.467. The first-order valence-corrected chi connectivity index (χ1v) is 10.5. The van der Waals surface area contributed by atoms with E-state index >= 15 is 0 Å². The number of rotatable bonds is 5. The van der Waals surface area contributed by atoms with Crippen molar-refractivity contribution in [3.63, 3.8) is 0 Å². The Morgan fingerprint density at radius 1 is 1.24 bits per heavy atom. The molecule has 1 atom stereocenters.